The third-order valence-corrected chi connectivity index (χ3v) is 4.62. The molecule has 21 heavy (non-hydrogen) atoms. The first-order chi connectivity index (χ1) is 9.97. The van der Waals surface area contributed by atoms with E-state index in [4.69, 9.17) is 17.3 Å². The first kappa shape index (κ1) is 16.1. The van der Waals surface area contributed by atoms with Crippen molar-refractivity contribution in [2.24, 2.45) is 5.92 Å². The van der Waals surface area contributed by atoms with E-state index < -0.39 is 0 Å². The number of hydrogen-bond donors (Lipinski definition) is 2. The van der Waals surface area contributed by atoms with E-state index in [2.05, 4.69) is 17.1 Å². The Balaban J connectivity index is 1.93. The molecule has 0 bridgehead atoms. The zero-order valence-electron chi connectivity index (χ0n) is 12.7. The molecule has 116 valence electrons. The Morgan fingerprint density at radius 2 is 2.14 bits per heavy atom. The van der Waals surface area contributed by atoms with E-state index in [0.29, 0.717) is 34.9 Å². The van der Waals surface area contributed by atoms with Gasteiger partial charge in [0, 0.05) is 11.7 Å². The second-order valence-corrected chi connectivity index (χ2v) is 6.44. The Hall–Kier alpha value is -1.26. The summed E-state index contributed by atoms with van der Waals surface area (Å²) in [6.45, 7) is 2.65. The van der Waals surface area contributed by atoms with E-state index in [1.165, 1.54) is 25.7 Å². The van der Waals surface area contributed by atoms with E-state index >= 15 is 0 Å². The molecule has 1 saturated carbocycles. The Kier molecular flexibility index (Phi) is 5.48. The van der Waals surface area contributed by atoms with Crippen LogP contribution in [0.5, 0.6) is 0 Å². The Morgan fingerprint density at radius 3 is 2.86 bits per heavy atom. The number of carbonyl (C=O) groups excluding carboxylic acids is 1. The van der Waals surface area contributed by atoms with Crippen LogP contribution >= 0.6 is 11.6 Å². The number of amides is 1. The van der Waals surface area contributed by atoms with E-state index in [0.717, 1.165) is 0 Å². The van der Waals surface area contributed by atoms with Gasteiger partial charge in [0.05, 0.1) is 17.3 Å². The van der Waals surface area contributed by atoms with Crippen molar-refractivity contribution >= 4 is 28.9 Å². The highest BCUT2D eigenvalue weighted by molar-refractivity contribution is 6.33. The van der Waals surface area contributed by atoms with Gasteiger partial charge in [-0.3, -0.25) is 9.69 Å². The zero-order valence-corrected chi connectivity index (χ0v) is 13.5. The van der Waals surface area contributed by atoms with Crippen molar-refractivity contribution in [2.45, 2.75) is 38.6 Å². The zero-order chi connectivity index (χ0) is 15.4. The van der Waals surface area contributed by atoms with Gasteiger partial charge in [-0.2, -0.15) is 0 Å². The summed E-state index contributed by atoms with van der Waals surface area (Å²) in [5, 5.41) is 3.35. The highest BCUT2D eigenvalue weighted by Crippen LogP contribution is 2.27. The summed E-state index contributed by atoms with van der Waals surface area (Å²) in [5.74, 6) is 0.593. The van der Waals surface area contributed by atoms with Crippen LogP contribution in [0.25, 0.3) is 0 Å². The van der Waals surface area contributed by atoms with E-state index in [-0.39, 0.29) is 5.91 Å². The Bertz CT molecular complexity index is 506. The number of nitrogen functional groups attached to an aromatic ring is 1. The second-order valence-electron chi connectivity index (χ2n) is 6.03. The number of carbonyl (C=O) groups is 1. The number of benzene rings is 1. The summed E-state index contributed by atoms with van der Waals surface area (Å²) in [6, 6.07) is 5.58. The molecule has 0 aromatic heterocycles. The van der Waals surface area contributed by atoms with Crippen LogP contribution < -0.4 is 11.1 Å². The summed E-state index contributed by atoms with van der Waals surface area (Å²) < 4.78 is 0. The molecule has 0 spiro atoms. The number of anilines is 2. The molecule has 4 nitrogen and oxygen atoms in total. The van der Waals surface area contributed by atoms with Crippen LogP contribution in [-0.4, -0.2) is 30.4 Å². The average molecular weight is 310 g/mol. The molecular formula is C16H24ClN3O. The topological polar surface area (TPSA) is 58.4 Å². The van der Waals surface area contributed by atoms with Crippen LogP contribution in [-0.2, 0) is 4.79 Å². The first-order valence-electron chi connectivity index (χ1n) is 7.52. The summed E-state index contributed by atoms with van der Waals surface area (Å²) in [7, 11) is 2.02. The van der Waals surface area contributed by atoms with Gasteiger partial charge in [0.15, 0.2) is 0 Å². The van der Waals surface area contributed by atoms with Crippen molar-refractivity contribution in [3.05, 3.63) is 23.2 Å². The fourth-order valence-corrected chi connectivity index (χ4v) is 3.29. The number of halogens is 1. The minimum atomic E-state index is -0.0530. The lowest BCUT2D eigenvalue weighted by Crippen LogP contribution is -2.42. The lowest BCUT2D eigenvalue weighted by atomic mass is 9.85. The number of rotatable bonds is 4. The molecule has 0 saturated heterocycles. The number of likely N-dealkylation sites (N-methyl/N-ethyl adjacent to an activating group) is 1. The maximum Gasteiger partial charge on any atom is 0.238 e. The summed E-state index contributed by atoms with van der Waals surface area (Å²) >= 11 is 6.06. The van der Waals surface area contributed by atoms with E-state index in [1.54, 1.807) is 18.2 Å². The third kappa shape index (κ3) is 4.35. The number of nitrogens with two attached hydrogens (primary N) is 1. The molecule has 1 fully saturated rings. The lowest BCUT2D eigenvalue weighted by molar-refractivity contribution is -0.117. The largest absolute Gasteiger partial charge is 0.399 e. The highest BCUT2D eigenvalue weighted by Gasteiger charge is 2.26. The molecule has 1 amide bonds. The van der Waals surface area contributed by atoms with Gasteiger partial charge in [-0.25, -0.2) is 0 Å². The van der Waals surface area contributed by atoms with E-state index in [9.17, 15) is 4.79 Å². The van der Waals surface area contributed by atoms with Gasteiger partial charge in [-0.05, 0) is 44.0 Å². The van der Waals surface area contributed by atoms with Gasteiger partial charge in [0.1, 0.15) is 0 Å². The standard InChI is InChI=1S/C16H24ClN3O/c1-11-5-3-4-6-15(11)20(2)10-16(21)19-14-9-12(18)7-8-13(14)17/h7-9,11,15H,3-6,10,18H2,1-2H3,(H,19,21). The monoisotopic (exact) mass is 309 g/mol. The summed E-state index contributed by atoms with van der Waals surface area (Å²) in [4.78, 5) is 14.3. The molecule has 5 heteroatoms. The normalized spacial score (nSPS) is 22.3. The maximum atomic E-state index is 12.2. The first-order valence-corrected chi connectivity index (χ1v) is 7.90. The lowest BCUT2D eigenvalue weighted by Gasteiger charge is -2.35. The maximum absolute atomic E-state index is 12.2. The van der Waals surface area contributed by atoms with Crippen LogP contribution in [0.3, 0.4) is 0 Å². The van der Waals surface area contributed by atoms with Crippen molar-refractivity contribution in [3.63, 3.8) is 0 Å². The molecule has 2 unspecified atom stereocenters. The molecule has 3 N–H and O–H groups in total. The van der Waals surface area contributed by atoms with E-state index in [1.807, 2.05) is 7.05 Å². The number of hydrogen-bond acceptors (Lipinski definition) is 3. The predicted octanol–water partition coefficient (Wildman–Crippen LogP) is 3.37. The second kappa shape index (κ2) is 7.14. The molecule has 0 aliphatic heterocycles. The van der Waals surface area contributed by atoms with Gasteiger partial charge in [0.25, 0.3) is 0 Å². The van der Waals surface area contributed by atoms with Crippen LogP contribution in [0, 0.1) is 5.92 Å². The smallest absolute Gasteiger partial charge is 0.238 e. The Morgan fingerprint density at radius 1 is 1.43 bits per heavy atom. The van der Waals surface area contributed by atoms with Gasteiger partial charge >= 0.3 is 0 Å². The van der Waals surface area contributed by atoms with Crippen molar-refractivity contribution in [1.29, 1.82) is 0 Å². The van der Waals surface area contributed by atoms with Crippen LogP contribution in [0.2, 0.25) is 5.02 Å². The quantitative estimate of drug-likeness (QED) is 0.838. The fourth-order valence-electron chi connectivity index (χ4n) is 3.12. The van der Waals surface area contributed by atoms with Crippen molar-refractivity contribution < 1.29 is 4.79 Å². The molecule has 2 atom stereocenters. The molecule has 2 rings (SSSR count). The molecule has 1 aromatic carbocycles. The van der Waals surface area contributed by atoms with Gasteiger partial charge < -0.3 is 11.1 Å². The SMILES string of the molecule is CC1CCCCC1N(C)CC(=O)Nc1cc(N)ccc1Cl. The van der Waals surface area contributed by atoms with Crippen molar-refractivity contribution in [1.82, 2.24) is 4.90 Å². The van der Waals surface area contributed by atoms with Crippen molar-refractivity contribution in [2.75, 3.05) is 24.6 Å². The molecule has 1 aliphatic carbocycles. The predicted molar refractivity (Wildman–Crippen MR) is 88.5 cm³/mol. The fraction of sp³-hybridized carbons (Fsp3) is 0.562. The summed E-state index contributed by atoms with van der Waals surface area (Å²) in [6.07, 6.45) is 4.97. The number of nitrogens with one attached hydrogen (secondary N) is 1. The Labute approximate surface area is 131 Å². The minimum Gasteiger partial charge on any atom is -0.399 e. The third-order valence-electron chi connectivity index (χ3n) is 4.29. The molecular weight excluding hydrogens is 286 g/mol. The highest BCUT2D eigenvalue weighted by atomic mass is 35.5. The molecule has 0 radical (unpaired) electrons. The summed E-state index contributed by atoms with van der Waals surface area (Å²) in [5.41, 5.74) is 6.88. The number of nitrogens with zero attached hydrogens (tertiary/aromatic N) is 1. The van der Waals surface area contributed by atoms with Crippen LogP contribution in [0.4, 0.5) is 11.4 Å². The molecule has 0 heterocycles. The van der Waals surface area contributed by atoms with Gasteiger partial charge in [-0.15, -0.1) is 0 Å². The molecule has 1 aliphatic rings. The van der Waals surface area contributed by atoms with Crippen LogP contribution in [0.15, 0.2) is 18.2 Å². The van der Waals surface area contributed by atoms with Gasteiger partial charge in [-0.1, -0.05) is 31.4 Å². The average Bonchev–Trinajstić information content (AvgIpc) is 2.43. The van der Waals surface area contributed by atoms with Gasteiger partial charge in [0.2, 0.25) is 5.91 Å². The molecule has 1 aromatic rings. The minimum absolute atomic E-state index is 0.0530. The van der Waals surface area contributed by atoms with Crippen LogP contribution in [0.1, 0.15) is 32.6 Å². The van der Waals surface area contributed by atoms with Crippen molar-refractivity contribution in [3.8, 4) is 0 Å².